The lowest BCUT2D eigenvalue weighted by Gasteiger charge is -2.31. The Hall–Kier alpha value is -2.28. The number of pyridine rings is 1. The lowest BCUT2D eigenvalue weighted by molar-refractivity contribution is -0.248. The maximum absolute atomic E-state index is 14.4. The minimum atomic E-state index is -4.76. The number of alkyl halides is 3. The van der Waals surface area contributed by atoms with E-state index in [0.29, 0.717) is 23.2 Å². The van der Waals surface area contributed by atoms with Crippen molar-refractivity contribution in [3.63, 3.8) is 0 Å². The second kappa shape index (κ2) is 8.82. The molecule has 0 N–H and O–H groups in total. The van der Waals surface area contributed by atoms with Gasteiger partial charge in [0.1, 0.15) is 11.5 Å². The molecule has 172 valence electrons. The third-order valence-corrected chi connectivity index (χ3v) is 6.31. The molecule has 0 amide bonds. The van der Waals surface area contributed by atoms with Gasteiger partial charge in [-0.1, -0.05) is 41.7 Å². The first-order valence-corrected chi connectivity index (χ1v) is 11.2. The minimum Gasteiger partial charge on any atom is -0.472 e. The molecule has 0 saturated heterocycles. The predicted molar refractivity (Wildman–Crippen MR) is 122 cm³/mol. The Kier molecular flexibility index (Phi) is 6.38. The number of carbonyl (C=O) groups excluding carboxylic acids is 1. The SMILES string of the molecule is CCC(=O)Cc1ccnc(-c2cc3c(cc2Cl)OC(c2cc(Cl)cc(Cl)c2)(C(F)(F)F)C3)c1. The molecule has 1 atom stereocenters. The second-order valence-electron chi connectivity index (χ2n) is 7.82. The van der Waals surface area contributed by atoms with Gasteiger partial charge >= 0.3 is 6.18 Å². The zero-order chi connectivity index (χ0) is 24.0. The van der Waals surface area contributed by atoms with E-state index in [2.05, 4.69) is 4.98 Å². The molecule has 0 bridgehead atoms. The van der Waals surface area contributed by atoms with Crippen LogP contribution in [0, 0.1) is 0 Å². The summed E-state index contributed by atoms with van der Waals surface area (Å²) in [7, 11) is 0. The van der Waals surface area contributed by atoms with Gasteiger partial charge in [-0.25, -0.2) is 0 Å². The Morgan fingerprint density at radius 3 is 2.42 bits per heavy atom. The fourth-order valence-electron chi connectivity index (χ4n) is 3.88. The van der Waals surface area contributed by atoms with E-state index in [1.807, 2.05) is 0 Å². The molecule has 1 aliphatic heterocycles. The summed E-state index contributed by atoms with van der Waals surface area (Å²) in [6.45, 7) is 1.78. The average molecular weight is 515 g/mol. The van der Waals surface area contributed by atoms with Gasteiger partial charge in [-0.2, -0.15) is 13.2 Å². The molecule has 0 saturated carbocycles. The van der Waals surface area contributed by atoms with Gasteiger partial charge in [-0.05, 0) is 53.6 Å². The molecule has 9 heteroatoms. The summed E-state index contributed by atoms with van der Waals surface area (Å²) >= 11 is 18.4. The summed E-state index contributed by atoms with van der Waals surface area (Å²) < 4.78 is 48.6. The Labute approximate surface area is 203 Å². The number of rotatable bonds is 5. The van der Waals surface area contributed by atoms with Crippen molar-refractivity contribution in [1.82, 2.24) is 4.98 Å². The largest absolute Gasteiger partial charge is 0.472 e. The van der Waals surface area contributed by atoms with Crippen molar-refractivity contribution in [3.05, 3.63) is 80.4 Å². The van der Waals surface area contributed by atoms with Gasteiger partial charge in [0.05, 0.1) is 10.7 Å². The third-order valence-electron chi connectivity index (χ3n) is 5.56. The van der Waals surface area contributed by atoms with Crippen LogP contribution in [0.1, 0.15) is 30.0 Å². The highest BCUT2D eigenvalue weighted by atomic mass is 35.5. The Morgan fingerprint density at radius 1 is 1.09 bits per heavy atom. The highest BCUT2D eigenvalue weighted by Crippen LogP contribution is 2.53. The molecule has 1 unspecified atom stereocenters. The fourth-order valence-corrected chi connectivity index (χ4v) is 4.65. The predicted octanol–water partition coefficient (Wildman–Crippen LogP) is 7.62. The van der Waals surface area contributed by atoms with Gasteiger partial charge in [-0.3, -0.25) is 9.78 Å². The zero-order valence-corrected chi connectivity index (χ0v) is 19.5. The van der Waals surface area contributed by atoms with Crippen molar-refractivity contribution >= 4 is 40.6 Å². The number of nitrogens with zero attached hydrogens (tertiary/aromatic N) is 1. The van der Waals surface area contributed by atoms with Gasteiger partial charge in [-0.15, -0.1) is 0 Å². The fraction of sp³-hybridized carbons (Fsp3) is 0.250. The molecule has 0 fully saturated rings. The summed E-state index contributed by atoms with van der Waals surface area (Å²) in [4.78, 5) is 16.1. The zero-order valence-electron chi connectivity index (χ0n) is 17.3. The van der Waals surface area contributed by atoms with Crippen molar-refractivity contribution in [2.24, 2.45) is 0 Å². The van der Waals surface area contributed by atoms with Crippen molar-refractivity contribution in [2.45, 2.75) is 38.0 Å². The molecule has 1 aliphatic rings. The third kappa shape index (κ3) is 4.57. The number of aromatic nitrogens is 1. The summed E-state index contributed by atoms with van der Waals surface area (Å²) in [5.41, 5.74) is -0.877. The van der Waals surface area contributed by atoms with Gasteiger partial charge in [0.2, 0.25) is 5.60 Å². The summed E-state index contributed by atoms with van der Waals surface area (Å²) in [6.07, 6.45) is -3.06. The van der Waals surface area contributed by atoms with Crippen LogP contribution in [0.2, 0.25) is 15.1 Å². The number of ketones is 1. The van der Waals surface area contributed by atoms with Crippen LogP contribution in [0.15, 0.2) is 48.7 Å². The van der Waals surface area contributed by atoms with Crippen LogP contribution in [0.25, 0.3) is 11.3 Å². The van der Waals surface area contributed by atoms with Gasteiger partial charge in [0.25, 0.3) is 0 Å². The molecule has 0 radical (unpaired) electrons. The number of hydrogen-bond acceptors (Lipinski definition) is 3. The average Bonchev–Trinajstić information content (AvgIpc) is 3.12. The highest BCUT2D eigenvalue weighted by Gasteiger charge is 2.61. The van der Waals surface area contributed by atoms with E-state index in [-0.39, 0.29) is 38.6 Å². The van der Waals surface area contributed by atoms with E-state index in [1.54, 1.807) is 31.3 Å². The van der Waals surface area contributed by atoms with E-state index in [4.69, 9.17) is 39.5 Å². The van der Waals surface area contributed by atoms with Gasteiger partial charge in [0, 0.05) is 46.6 Å². The van der Waals surface area contributed by atoms with Crippen molar-refractivity contribution in [3.8, 4) is 17.0 Å². The van der Waals surface area contributed by atoms with E-state index in [9.17, 15) is 18.0 Å². The molecular formula is C24H17Cl3F3NO2. The molecule has 2 heterocycles. The van der Waals surface area contributed by atoms with Crippen LogP contribution in [0.4, 0.5) is 13.2 Å². The Morgan fingerprint density at radius 2 is 1.79 bits per heavy atom. The maximum Gasteiger partial charge on any atom is 0.432 e. The lowest BCUT2D eigenvalue weighted by atomic mass is 9.88. The standard InChI is InChI=1S/C24H17Cl3F3NO2/c1-2-18(32)5-13-3-4-31-21(6-13)19-7-14-12-23(24(28,29)30,33-22(14)11-20(19)27)15-8-16(25)10-17(26)9-15/h3-4,6-11H,2,5,12H2,1H3. The normalized spacial score (nSPS) is 17.5. The molecule has 0 spiro atoms. The van der Waals surface area contributed by atoms with Crippen molar-refractivity contribution in [2.75, 3.05) is 0 Å². The molecule has 3 aromatic rings. The summed E-state index contributed by atoms with van der Waals surface area (Å²) in [6, 6.07) is 10.1. The molecular weight excluding hydrogens is 498 g/mol. The topological polar surface area (TPSA) is 39.2 Å². The van der Waals surface area contributed by atoms with Crippen molar-refractivity contribution in [1.29, 1.82) is 0 Å². The number of benzene rings is 2. The number of Topliss-reactive ketones (excluding diaryl/α,β-unsaturated/α-hetero) is 1. The molecule has 33 heavy (non-hydrogen) atoms. The van der Waals surface area contributed by atoms with Crippen LogP contribution in [0.3, 0.4) is 0 Å². The monoisotopic (exact) mass is 513 g/mol. The van der Waals surface area contributed by atoms with E-state index < -0.39 is 18.2 Å². The van der Waals surface area contributed by atoms with E-state index >= 15 is 0 Å². The van der Waals surface area contributed by atoms with Gasteiger partial charge < -0.3 is 4.74 Å². The molecule has 3 nitrogen and oxygen atoms in total. The van der Waals surface area contributed by atoms with Crippen LogP contribution in [-0.4, -0.2) is 16.9 Å². The minimum absolute atomic E-state index is 0.0227. The first-order valence-electron chi connectivity index (χ1n) is 10.0. The number of ether oxygens (including phenoxy) is 1. The summed E-state index contributed by atoms with van der Waals surface area (Å²) in [5.74, 6) is 0.0882. The molecule has 0 aliphatic carbocycles. The molecule has 1 aromatic heterocycles. The number of carbonyl (C=O) groups is 1. The van der Waals surface area contributed by atoms with E-state index in [1.165, 1.54) is 24.3 Å². The maximum atomic E-state index is 14.4. The first kappa shape index (κ1) is 23.9. The number of fused-ring (bicyclic) bond motifs is 1. The van der Waals surface area contributed by atoms with Gasteiger partial charge in [0.15, 0.2) is 0 Å². The van der Waals surface area contributed by atoms with Crippen molar-refractivity contribution < 1.29 is 22.7 Å². The quantitative estimate of drug-likeness (QED) is 0.351. The summed E-state index contributed by atoms with van der Waals surface area (Å²) in [5, 5.41) is 0.325. The Balaban J connectivity index is 1.77. The Bertz CT molecular complexity index is 1230. The smallest absolute Gasteiger partial charge is 0.432 e. The molecule has 4 rings (SSSR count). The van der Waals surface area contributed by atoms with Crippen LogP contribution >= 0.6 is 34.8 Å². The second-order valence-corrected chi connectivity index (χ2v) is 9.10. The van der Waals surface area contributed by atoms with Crippen LogP contribution in [0.5, 0.6) is 5.75 Å². The number of hydrogen-bond donors (Lipinski definition) is 0. The number of halogens is 6. The van der Waals surface area contributed by atoms with Crippen LogP contribution < -0.4 is 4.74 Å². The lowest BCUT2D eigenvalue weighted by Crippen LogP contribution is -2.46. The van der Waals surface area contributed by atoms with Crippen LogP contribution in [-0.2, 0) is 23.2 Å². The molecule has 2 aromatic carbocycles. The highest BCUT2D eigenvalue weighted by molar-refractivity contribution is 6.34. The first-order chi connectivity index (χ1) is 15.5. The van der Waals surface area contributed by atoms with E-state index in [0.717, 1.165) is 5.56 Å².